The standard InChI is InChI=1S/C15H20N6O/c1-10-6-13(15(22)21(2)20-10)19-14-9-17-12(8-18-14)7-16-11-4-3-5-11/h6,8-9,11,16H,3-5,7H2,1-2H3,(H,18,19). The van der Waals surface area contributed by atoms with E-state index in [9.17, 15) is 4.79 Å². The summed E-state index contributed by atoms with van der Waals surface area (Å²) in [6, 6.07) is 2.33. The molecule has 2 heterocycles. The molecule has 2 aromatic heterocycles. The third kappa shape index (κ3) is 3.30. The van der Waals surface area contributed by atoms with Gasteiger partial charge in [-0.2, -0.15) is 5.10 Å². The van der Waals surface area contributed by atoms with Crippen LogP contribution in [-0.4, -0.2) is 25.8 Å². The van der Waals surface area contributed by atoms with Crippen molar-refractivity contribution in [1.82, 2.24) is 25.1 Å². The van der Waals surface area contributed by atoms with Crippen LogP contribution in [0.15, 0.2) is 23.3 Å². The van der Waals surface area contributed by atoms with Gasteiger partial charge >= 0.3 is 0 Å². The van der Waals surface area contributed by atoms with Crippen molar-refractivity contribution in [3.63, 3.8) is 0 Å². The quantitative estimate of drug-likeness (QED) is 0.865. The Morgan fingerprint density at radius 3 is 2.77 bits per heavy atom. The van der Waals surface area contributed by atoms with Crippen molar-refractivity contribution in [3.8, 4) is 0 Å². The molecule has 1 aliphatic carbocycles. The maximum Gasteiger partial charge on any atom is 0.290 e. The van der Waals surface area contributed by atoms with Crippen molar-refractivity contribution < 1.29 is 0 Å². The van der Waals surface area contributed by atoms with Gasteiger partial charge in [0.2, 0.25) is 0 Å². The number of nitrogens with zero attached hydrogens (tertiary/aromatic N) is 4. The number of nitrogens with one attached hydrogen (secondary N) is 2. The predicted molar refractivity (Wildman–Crippen MR) is 84.0 cm³/mol. The Hall–Kier alpha value is -2.28. The van der Waals surface area contributed by atoms with E-state index >= 15 is 0 Å². The van der Waals surface area contributed by atoms with Crippen molar-refractivity contribution in [2.45, 2.75) is 38.8 Å². The second-order valence-corrected chi connectivity index (χ2v) is 5.65. The molecule has 1 fully saturated rings. The molecule has 2 N–H and O–H groups in total. The predicted octanol–water partition coefficient (Wildman–Crippen LogP) is 1.26. The first kappa shape index (κ1) is 14.6. The van der Waals surface area contributed by atoms with E-state index in [0.29, 0.717) is 17.5 Å². The average molecular weight is 300 g/mol. The first-order chi connectivity index (χ1) is 10.6. The van der Waals surface area contributed by atoms with E-state index in [0.717, 1.165) is 17.9 Å². The molecule has 1 saturated carbocycles. The summed E-state index contributed by atoms with van der Waals surface area (Å²) in [6.45, 7) is 2.57. The van der Waals surface area contributed by atoms with Crippen LogP contribution in [0.4, 0.5) is 11.5 Å². The normalized spacial score (nSPS) is 14.6. The van der Waals surface area contributed by atoms with Gasteiger partial charge in [0.25, 0.3) is 5.56 Å². The molecule has 0 aliphatic heterocycles. The lowest BCUT2D eigenvalue weighted by molar-refractivity contribution is 0.337. The van der Waals surface area contributed by atoms with Crippen LogP contribution in [0.3, 0.4) is 0 Å². The van der Waals surface area contributed by atoms with E-state index in [1.807, 2.05) is 6.92 Å². The third-order valence-electron chi connectivity index (χ3n) is 3.83. The zero-order chi connectivity index (χ0) is 15.5. The molecule has 2 aromatic rings. The molecule has 0 aromatic carbocycles. The van der Waals surface area contributed by atoms with Gasteiger partial charge in [0.15, 0.2) is 0 Å². The Labute approximate surface area is 128 Å². The molecular weight excluding hydrogens is 280 g/mol. The van der Waals surface area contributed by atoms with Crippen molar-refractivity contribution >= 4 is 11.5 Å². The van der Waals surface area contributed by atoms with E-state index in [1.54, 1.807) is 25.5 Å². The number of hydrogen-bond acceptors (Lipinski definition) is 6. The van der Waals surface area contributed by atoms with Crippen LogP contribution in [-0.2, 0) is 13.6 Å². The average Bonchev–Trinajstić information content (AvgIpc) is 2.44. The van der Waals surface area contributed by atoms with Crippen molar-refractivity contribution in [3.05, 3.63) is 40.2 Å². The molecule has 1 aliphatic rings. The number of anilines is 2. The van der Waals surface area contributed by atoms with Gasteiger partial charge in [-0.1, -0.05) is 6.42 Å². The highest BCUT2D eigenvalue weighted by Crippen LogP contribution is 2.18. The van der Waals surface area contributed by atoms with E-state index < -0.39 is 0 Å². The summed E-state index contributed by atoms with van der Waals surface area (Å²) in [7, 11) is 1.63. The zero-order valence-corrected chi connectivity index (χ0v) is 12.8. The minimum atomic E-state index is -0.192. The molecule has 0 unspecified atom stereocenters. The number of aryl methyl sites for hydroxylation is 2. The first-order valence-corrected chi connectivity index (χ1v) is 7.48. The first-order valence-electron chi connectivity index (χ1n) is 7.48. The van der Waals surface area contributed by atoms with Crippen LogP contribution >= 0.6 is 0 Å². The Morgan fingerprint density at radius 1 is 1.32 bits per heavy atom. The van der Waals surface area contributed by atoms with Crippen LogP contribution < -0.4 is 16.2 Å². The van der Waals surface area contributed by atoms with Gasteiger partial charge in [-0.3, -0.25) is 9.78 Å². The van der Waals surface area contributed by atoms with Gasteiger partial charge in [0.1, 0.15) is 11.5 Å². The topological polar surface area (TPSA) is 84.7 Å². The minimum absolute atomic E-state index is 0.192. The van der Waals surface area contributed by atoms with Gasteiger partial charge in [-0.25, -0.2) is 9.67 Å². The molecule has 3 rings (SSSR count). The molecule has 0 spiro atoms. The smallest absolute Gasteiger partial charge is 0.290 e. The molecular formula is C15H20N6O. The SMILES string of the molecule is Cc1cc(Nc2cnc(CNC3CCC3)cn2)c(=O)n(C)n1. The van der Waals surface area contributed by atoms with E-state index in [-0.39, 0.29) is 5.56 Å². The van der Waals surface area contributed by atoms with E-state index in [4.69, 9.17) is 0 Å². The van der Waals surface area contributed by atoms with Gasteiger partial charge in [-0.05, 0) is 25.8 Å². The van der Waals surface area contributed by atoms with Crippen molar-refractivity contribution in [1.29, 1.82) is 0 Å². The summed E-state index contributed by atoms with van der Waals surface area (Å²) in [5, 5.41) is 10.5. The monoisotopic (exact) mass is 300 g/mol. The molecule has 0 amide bonds. The third-order valence-corrected chi connectivity index (χ3v) is 3.83. The highest BCUT2D eigenvalue weighted by Gasteiger charge is 2.16. The maximum absolute atomic E-state index is 12.0. The Balaban J connectivity index is 1.66. The minimum Gasteiger partial charge on any atom is -0.334 e. The molecule has 0 radical (unpaired) electrons. The van der Waals surface area contributed by atoms with Crippen LogP contribution in [0.2, 0.25) is 0 Å². The Morgan fingerprint density at radius 2 is 2.14 bits per heavy atom. The van der Waals surface area contributed by atoms with Gasteiger partial charge in [0, 0.05) is 19.6 Å². The summed E-state index contributed by atoms with van der Waals surface area (Å²) >= 11 is 0. The zero-order valence-electron chi connectivity index (χ0n) is 12.8. The van der Waals surface area contributed by atoms with Crippen LogP contribution in [0.5, 0.6) is 0 Å². The lowest BCUT2D eigenvalue weighted by Gasteiger charge is -2.26. The van der Waals surface area contributed by atoms with Crippen molar-refractivity contribution in [2.24, 2.45) is 7.05 Å². The molecule has 0 bridgehead atoms. The summed E-state index contributed by atoms with van der Waals surface area (Å²) in [5.74, 6) is 0.551. The summed E-state index contributed by atoms with van der Waals surface area (Å²) < 4.78 is 1.31. The van der Waals surface area contributed by atoms with Crippen LogP contribution in [0.1, 0.15) is 30.7 Å². The van der Waals surface area contributed by atoms with Crippen molar-refractivity contribution in [2.75, 3.05) is 5.32 Å². The summed E-state index contributed by atoms with van der Waals surface area (Å²) in [4.78, 5) is 20.7. The Kier molecular flexibility index (Phi) is 4.15. The van der Waals surface area contributed by atoms with E-state index in [1.165, 1.54) is 23.9 Å². The molecule has 116 valence electrons. The fourth-order valence-corrected chi connectivity index (χ4v) is 2.36. The fraction of sp³-hybridized carbons (Fsp3) is 0.467. The van der Waals surface area contributed by atoms with Gasteiger partial charge < -0.3 is 10.6 Å². The van der Waals surface area contributed by atoms with Gasteiger partial charge in [0.05, 0.1) is 23.8 Å². The summed E-state index contributed by atoms with van der Waals surface area (Å²) in [5.41, 5.74) is 1.92. The maximum atomic E-state index is 12.0. The second kappa shape index (κ2) is 6.23. The number of rotatable bonds is 5. The molecule has 22 heavy (non-hydrogen) atoms. The highest BCUT2D eigenvalue weighted by atomic mass is 16.1. The lowest BCUT2D eigenvalue weighted by atomic mass is 9.93. The Bertz CT molecular complexity index is 705. The molecule has 0 atom stereocenters. The number of aromatic nitrogens is 4. The number of hydrogen-bond donors (Lipinski definition) is 2. The second-order valence-electron chi connectivity index (χ2n) is 5.65. The van der Waals surface area contributed by atoms with Crippen LogP contribution in [0, 0.1) is 6.92 Å². The molecule has 7 nitrogen and oxygen atoms in total. The highest BCUT2D eigenvalue weighted by molar-refractivity contribution is 5.53. The van der Waals surface area contributed by atoms with E-state index in [2.05, 4.69) is 25.7 Å². The van der Waals surface area contributed by atoms with Crippen LogP contribution in [0.25, 0.3) is 0 Å². The fourth-order valence-electron chi connectivity index (χ4n) is 2.36. The molecule has 7 heteroatoms. The van der Waals surface area contributed by atoms with Gasteiger partial charge in [-0.15, -0.1) is 0 Å². The lowest BCUT2D eigenvalue weighted by Crippen LogP contribution is -2.34. The summed E-state index contributed by atoms with van der Waals surface area (Å²) in [6.07, 6.45) is 7.18. The largest absolute Gasteiger partial charge is 0.334 e. The molecule has 0 saturated heterocycles.